The Morgan fingerprint density at radius 2 is 1.56 bits per heavy atom. The lowest BCUT2D eigenvalue weighted by atomic mass is 9.51. The molecule has 256 valence electrons. The van der Waals surface area contributed by atoms with Crippen LogP contribution in [0.5, 0.6) is 0 Å². The second-order valence-electron chi connectivity index (χ2n) is 16.2. The van der Waals surface area contributed by atoms with E-state index in [1.54, 1.807) is 0 Å². The highest BCUT2D eigenvalue weighted by Crippen LogP contribution is 2.64. The van der Waals surface area contributed by atoms with Crippen molar-refractivity contribution in [1.82, 2.24) is 0 Å². The van der Waals surface area contributed by atoms with Crippen LogP contribution >= 0.6 is 0 Å². The fourth-order valence-corrected chi connectivity index (χ4v) is 12.6. The minimum Gasteiger partial charge on any atom is -0.469 e. The molecule has 1 saturated carbocycles. The fraction of sp³-hybridized carbons (Fsp3) is 0.853. The highest BCUT2D eigenvalue weighted by Gasteiger charge is 2.74. The zero-order chi connectivity index (χ0) is 34.0. The van der Waals surface area contributed by atoms with E-state index in [0.717, 1.165) is 29.3 Å². The maximum atomic E-state index is 14.0. The SMILES string of the molecule is CC[Si](CC)(CC)O[C@@H]1C[C@]2(C)[C@H](CCC(=O)OC)OC(=O)[C@H]2[C@@H]2OC(=O)O[C@]23C[C@H](O[Si](C)(C)C(C)(C)C)C(C)=C1C3(C)C. The largest absolute Gasteiger partial charge is 0.509 e. The average molecular weight is 667 g/mol. The summed E-state index contributed by atoms with van der Waals surface area (Å²) in [5, 5.41) is -0.0435. The van der Waals surface area contributed by atoms with E-state index >= 15 is 0 Å². The number of methoxy groups -OCH3 is 1. The predicted molar refractivity (Wildman–Crippen MR) is 177 cm³/mol. The van der Waals surface area contributed by atoms with Gasteiger partial charge in [0.15, 0.2) is 28.3 Å². The summed E-state index contributed by atoms with van der Waals surface area (Å²) in [5.41, 5.74) is -0.521. The Hall–Kier alpha value is -1.70. The molecule has 0 aromatic heterocycles. The van der Waals surface area contributed by atoms with Gasteiger partial charge in [-0.3, -0.25) is 9.59 Å². The molecular formula is C34H58O9Si2. The number of carbonyl (C=O) groups is 3. The molecule has 1 spiro atoms. The number of fused-ring (bicyclic) bond motifs is 3. The van der Waals surface area contributed by atoms with Gasteiger partial charge in [-0.05, 0) is 67.2 Å². The predicted octanol–water partition coefficient (Wildman–Crippen LogP) is 7.69. The Morgan fingerprint density at radius 1 is 0.956 bits per heavy atom. The van der Waals surface area contributed by atoms with Crippen molar-refractivity contribution in [3.8, 4) is 0 Å². The first-order chi connectivity index (χ1) is 20.7. The third-order valence-electron chi connectivity index (χ3n) is 12.7. The van der Waals surface area contributed by atoms with Crippen molar-refractivity contribution in [2.75, 3.05) is 7.11 Å². The Morgan fingerprint density at radius 3 is 2.09 bits per heavy atom. The molecule has 2 aliphatic carbocycles. The van der Waals surface area contributed by atoms with E-state index in [9.17, 15) is 14.4 Å². The van der Waals surface area contributed by atoms with Gasteiger partial charge in [0.1, 0.15) is 12.0 Å². The molecule has 0 aromatic rings. The fourth-order valence-electron chi connectivity index (χ4n) is 8.49. The lowest BCUT2D eigenvalue weighted by Crippen LogP contribution is -2.66. The van der Waals surface area contributed by atoms with Crippen molar-refractivity contribution >= 4 is 34.7 Å². The molecule has 45 heavy (non-hydrogen) atoms. The van der Waals surface area contributed by atoms with Crippen molar-refractivity contribution in [3.05, 3.63) is 11.1 Å². The number of carbonyl (C=O) groups excluding carboxylic acids is 3. The van der Waals surface area contributed by atoms with Crippen LogP contribution in [0.25, 0.3) is 0 Å². The molecule has 4 aliphatic rings. The molecule has 0 amide bonds. The zero-order valence-electron chi connectivity index (χ0n) is 30.0. The summed E-state index contributed by atoms with van der Waals surface area (Å²) >= 11 is 0. The first-order valence-electron chi connectivity index (χ1n) is 16.9. The first kappa shape index (κ1) is 36.1. The van der Waals surface area contributed by atoms with E-state index in [4.69, 9.17) is 27.8 Å². The van der Waals surface area contributed by atoms with Crippen LogP contribution in [0.3, 0.4) is 0 Å². The lowest BCUT2D eigenvalue weighted by Gasteiger charge is -2.58. The minimum absolute atomic E-state index is 0.0435. The summed E-state index contributed by atoms with van der Waals surface area (Å²) in [4.78, 5) is 39.6. The van der Waals surface area contributed by atoms with E-state index in [1.165, 1.54) is 7.11 Å². The van der Waals surface area contributed by atoms with Gasteiger partial charge in [0.05, 0.1) is 19.3 Å². The van der Waals surface area contributed by atoms with Crippen molar-refractivity contribution < 1.29 is 42.2 Å². The van der Waals surface area contributed by atoms with Crippen LogP contribution in [-0.2, 0) is 37.4 Å². The number of esters is 2. The molecule has 2 aliphatic heterocycles. The van der Waals surface area contributed by atoms with Gasteiger partial charge in [-0.15, -0.1) is 0 Å². The maximum absolute atomic E-state index is 14.0. The molecule has 0 aromatic carbocycles. The quantitative estimate of drug-likeness (QED) is 0.100. The van der Waals surface area contributed by atoms with Gasteiger partial charge in [0.2, 0.25) is 0 Å². The summed E-state index contributed by atoms with van der Waals surface area (Å²) in [7, 11) is -3.13. The molecule has 0 N–H and O–H groups in total. The van der Waals surface area contributed by atoms with Crippen LogP contribution < -0.4 is 0 Å². The number of cyclic esters (lactones) is 1. The van der Waals surface area contributed by atoms with Gasteiger partial charge >= 0.3 is 18.1 Å². The Labute approximate surface area is 272 Å². The third-order valence-corrected chi connectivity index (χ3v) is 21.8. The van der Waals surface area contributed by atoms with Crippen LogP contribution in [0.15, 0.2) is 11.1 Å². The second-order valence-corrected chi connectivity index (χ2v) is 25.6. The Bertz CT molecular complexity index is 1210. The van der Waals surface area contributed by atoms with E-state index in [1.807, 2.05) is 6.92 Å². The smallest absolute Gasteiger partial charge is 0.469 e. The van der Waals surface area contributed by atoms with Crippen molar-refractivity contribution in [3.63, 3.8) is 0 Å². The van der Waals surface area contributed by atoms with E-state index in [2.05, 4.69) is 75.4 Å². The number of rotatable bonds is 10. The average Bonchev–Trinajstić information content (AvgIpc) is 3.39. The summed E-state index contributed by atoms with van der Waals surface area (Å²) < 4.78 is 38.2. The normalized spacial score (nSPS) is 34.6. The van der Waals surface area contributed by atoms with Gasteiger partial charge in [-0.25, -0.2) is 4.79 Å². The summed E-state index contributed by atoms with van der Waals surface area (Å²) in [5.74, 6) is -1.59. The first-order valence-corrected chi connectivity index (χ1v) is 22.4. The summed E-state index contributed by atoms with van der Waals surface area (Å²) in [6.07, 6.45) is -1.67. The zero-order valence-corrected chi connectivity index (χ0v) is 32.0. The monoisotopic (exact) mass is 666 g/mol. The molecule has 0 unspecified atom stereocenters. The molecule has 2 bridgehead atoms. The molecule has 0 radical (unpaired) electrons. The van der Waals surface area contributed by atoms with Crippen LogP contribution in [0.2, 0.25) is 36.3 Å². The van der Waals surface area contributed by atoms with Crippen molar-refractivity contribution in [2.45, 2.75) is 161 Å². The molecule has 2 saturated heterocycles. The molecule has 9 nitrogen and oxygen atoms in total. The second kappa shape index (κ2) is 12.1. The lowest BCUT2D eigenvalue weighted by molar-refractivity contribution is -0.157. The molecular weight excluding hydrogens is 609 g/mol. The van der Waals surface area contributed by atoms with E-state index in [-0.39, 0.29) is 29.6 Å². The molecule has 11 heteroatoms. The van der Waals surface area contributed by atoms with Gasteiger partial charge < -0.3 is 27.8 Å². The van der Waals surface area contributed by atoms with Crippen LogP contribution in [-0.4, -0.2) is 71.9 Å². The Balaban J connectivity index is 2.00. The number of ether oxygens (including phenoxy) is 4. The highest BCUT2D eigenvalue weighted by molar-refractivity contribution is 6.74. The van der Waals surface area contributed by atoms with Crippen LogP contribution in [0.1, 0.15) is 94.9 Å². The standard InChI is InChI=1S/C34H58O9Si2/c1-14-45(15-2,16-3)43-23-19-33(10)24(17-18-25(35)38-11)39-29(36)27(33)28-34(41-30(37)40-28)20-22(21(4)26(23)32(34,8)9)42-44(12,13)31(5,6)7/h22-24,27-28H,14-20H2,1-13H3/t22-,23+,24-,27+,28-,33+,34+/m0/s1. The van der Waals surface area contributed by atoms with E-state index < -0.39 is 63.3 Å². The van der Waals surface area contributed by atoms with Crippen molar-refractivity contribution in [2.24, 2.45) is 16.7 Å². The summed E-state index contributed by atoms with van der Waals surface area (Å²) in [6, 6.07) is 2.88. The third kappa shape index (κ3) is 5.75. The Kier molecular flexibility index (Phi) is 9.70. The molecule has 2 heterocycles. The van der Waals surface area contributed by atoms with Crippen LogP contribution in [0.4, 0.5) is 4.79 Å². The highest BCUT2D eigenvalue weighted by atomic mass is 28.4. The molecule has 4 rings (SSSR count). The molecule has 7 atom stereocenters. The van der Waals surface area contributed by atoms with E-state index in [0.29, 0.717) is 19.3 Å². The molecule has 3 fully saturated rings. The van der Waals surface area contributed by atoms with Gasteiger partial charge in [0.25, 0.3) is 0 Å². The number of hydrogen-bond acceptors (Lipinski definition) is 9. The van der Waals surface area contributed by atoms with Gasteiger partial charge in [-0.2, -0.15) is 0 Å². The van der Waals surface area contributed by atoms with Crippen LogP contribution in [0, 0.1) is 16.7 Å². The topological polar surface area (TPSA) is 107 Å². The van der Waals surface area contributed by atoms with Gasteiger partial charge in [0, 0.05) is 23.7 Å². The van der Waals surface area contributed by atoms with Gasteiger partial charge in [-0.1, -0.05) is 62.3 Å². The number of hydrogen-bond donors (Lipinski definition) is 0. The summed E-state index contributed by atoms with van der Waals surface area (Å²) in [6.45, 7) is 26.2. The minimum atomic E-state index is -2.29. The maximum Gasteiger partial charge on any atom is 0.509 e. The van der Waals surface area contributed by atoms with Crippen molar-refractivity contribution in [1.29, 1.82) is 0 Å².